The number of carbonyl (C=O) groups excluding carboxylic acids is 2. The molecule has 3 fully saturated rings. The highest BCUT2D eigenvalue weighted by atomic mass is 35.5. The number of carbonyl (C=O) groups is 2. The van der Waals surface area contributed by atoms with Crippen LogP contribution in [0.1, 0.15) is 39.5 Å². The van der Waals surface area contributed by atoms with Crippen LogP contribution in [-0.2, 0) is 19.6 Å². The van der Waals surface area contributed by atoms with Crippen molar-refractivity contribution in [1.82, 2.24) is 9.21 Å². The molecular weight excluding hydrogens is 402 g/mol. The second kappa shape index (κ2) is 9.13. The predicted octanol–water partition coefficient (Wildman–Crippen LogP) is -3.34. The van der Waals surface area contributed by atoms with Gasteiger partial charge in [-0.05, 0) is 37.7 Å². The monoisotopic (exact) mass is 433 g/mol. The van der Waals surface area contributed by atoms with Crippen LogP contribution < -0.4 is 17.3 Å². The summed E-state index contributed by atoms with van der Waals surface area (Å²) in [5.74, 6) is -0.946. The van der Waals surface area contributed by atoms with E-state index in [1.807, 2.05) is 19.9 Å². The Hall–Kier alpha value is -1.12. The van der Waals surface area contributed by atoms with Crippen molar-refractivity contribution in [3.63, 3.8) is 0 Å². The number of halogens is 1. The van der Waals surface area contributed by atoms with E-state index in [0.29, 0.717) is 13.0 Å². The lowest BCUT2D eigenvalue weighted by atomic mass is 9.88. The standard InChI is InChI=1S/C19H31N3O4S.ClH/c1-14(2)17-18-15(22(19(17)24)27(3,25)26)9-13-21(18)16(23)8-7-12-20-10-5-4-6-11-20;/h7-8,14-15,17-18H,4-6,9-13H2,1-3H3;1H/b8-7+;/t15-,17+,18-;/m1./s1. The van der Waals surface area contributed by atoms with Crippen LogP contribution in [-0.4, -0.2) is 74.0 Å². The summed E-state index contributed by atoms with van der Waals surface area (Å²) < 4.78 is 25.4. The molecule has 0 bridgehead atoms. The van der Waals surface area contributed by atoms with Gasteiger partial charge in [0.2, 0.25) is 21.8 Å². The normalized spacial score (nSPS) is 28.9. The number of hydrogen-bond acceptors (Lipinski definition) is 4. The maximum Gasteiger partial charge on any atom is 0.246 e. The van der Waals surface area contributed by atoms with Gasteiger partial charge in [-0.1, -0.05) is 13.8 Å². The first-order valence-corrected chi connectivity index (χ1v) is 11.9. The number of nitrogens with zero attached hydrogens (tertiary/aromatic N) is 2. The number of nitrogens with one attached hydrogen (secondary N) is 1. The molecule has 0 aromatic rings. The van der Waals surface area contributed by atoms with Gasteiger partial charge in [0.05, 0.1) is 43.9 Å². The van der Waals surface area contributed by atoms with Gasteiger partial charge in [0, 0.05) is 12.6 Å². The molecule has 2 amide bonds. The van der Waals surface area contributed by atoms with Gasteiger partial charge in [0.1, 0.15) is 0 Å². The molecule has 0 radical (unpaired) electrons. The van der Waals surface area contributed by atoms with Gasteiger partial charge in [-0.15, -0.1) is 0 Å². The second-order valence-corrected chi connectivity index (χ2v) is 10.3. The van der Waals surface area contributed by atoms with Gasteiger partial charge in [0.15, 0.2) is 0 Å². The zero-order chi connectivity index (χ0) is 19.8. The summed E-state index contributed by atoms with van der Waals surface area (Å²) in [5, 5.41) is 0. The van der Waals surface area contributed by atoms with Crippen molar-refractivity contribution >= 4 is 21.8 Å². The molecule has 0 aromatic carbocycles. The minimum atomic E-state index is -3.63. The molecule has 3 rings (SSSR count). The maximum absolute atomic E-state index is 12.8. The molecule has 28 heavy (non-hydrogen) atoms. The van der Waals surface area contributed by atoms with Crippen LogP contribution in [0.5, 0.6) is 0 Å². The van der Waals surface area contributed by atoms with Crippen molar-refractivity contribution in [2.75, 3.05) is 32.4 Å². The molecule has 3 atom stereocenters. The van der Waals surface area contributed by atoms with Gasteiger partial charge in [-0.2, -0.15) is 0 Å². The van der Waals surface area contributed by atoms with Crippen molar-refractivity contribution < 1.29 is 35.3 Å². The number of hydrogen-bond donors (Lipinski definition) is 1. The third-order valence-corrected chi connectivity index (χ3v) is 7.34. The van der Waals surface area contributed by atoms with E-state index in [2.05, 4.69) is 0 Å². The minimum Gasteiger partial charge on any atom is -1.00 e. The largest absolute Gasteiger partial charge is 1.00 e. The Morgan fingerprint density at radius 3 is 2.46 bits per heavy atom. The molecule has 0 unspecified atom stereocenters. The summed E-state index contributed by atoms with van der Waals surface area (Å²) in [6, 6.07) is -0.781. The molecule has 3 aliphatic heterocycles. The highest BCUT2D eigenvalue weighted by Crippen LogP contribution is 2.41. The van der Waals surface area contributed by atoms with Crippen LogP contribution in [0.2, 0.25) is 0 Å². The summed E-state index contributed by atoms with van der Waals surface area (Å²) in [7, 11) is -3.63. The fourth-order valence-corrected chi connectivity index (χ4v) is 6.14. The van der Waals surface area contributed by atoms with E-state index in [0.717, 1.165) is 30.2 Å². The third kappa shape index (κ3) is 4.54. The lowest BCUT2D eigenvalue weighted by molar-refractivity contribution is -0.899. The number of fused-ring (bicyclic) bond motifs is 1. The van der Waals surface area contributed by atoms with Crippen molar-refractivity contribution in [2.24, 2.45) is 11.8 Å². The minimum absolute atomic E-state index is 0. The van der Waals surface area contributed by atoms with Crippen LogP contribution in [0.15, 0.2) is 12.2 Å². The maximum atomic E-state index is 12.8. The second-order valence-electron chi connectivity index (χ2n) is 8.46. The van der Waals surface area contributed by atoms with Crippen LogP contribution in [0, 0.1) is 11.8 Å². The van der Waals surface area contributed by atoms with E-state index < -0.39 is 22.0 Å². The van der Waals surface area contributed by atoms with Gasteiger partial charge < -0.3 is 22.2 Å². The number of likely N-dealkylation sites (tertiary alicyclic amines) is 2. The molecule has 1 N–H and O–H groups in total. The molecular formula is C19H32ClN3O4S. The first-order chi connectivity index (χ1) is 12.7. The molecule has 0 aliphatic carbocycles. The van der Waals surface area contributed by atoms with Crippen molar-refractivity contribution in [3.8, 4) is 0 Å². The van der Waals surface area contributed by atoms with E-state index in [9.17, 15) is 18.0 Å². The fourth-order valence-electron chi connectivity index (χ4n) is 4.97. The first-order valence-electron chi connectivity index (χ1n) is 10.1. The van der Waals surface area contributed by atoms with Gasteiger partial charge in [0.25, 0.3) is 0 Å². The molecule has 0 spiro atoms. The van der Waals surface area contributed by atoms with E-state index >= 15 is 0 Å². The van der Waals surface area contributed by atoms with Crippen LogP contribution >= 0.6 is 0 Å². The Kier molecular flexibility index (Phi) is 7.56. The molecule has 7 nitrogen and oxygen atoms in total. The summed E-state index contributed by atoms with van der Waals surface area (Å²) in [4.78, 5) is 28.8. The van der Waals surface area contributed by atoms with E-state index in [1.54, 1.807) is 11.0 Å². The molecule has 3 saturated heterocycles. The Morgan fingerprint density at radius 2 is 1.89 bits per heavy atom. The van der Waals surface area contributed by atoms with Crippen LogP contribution in [0.4, 0.5) is 0 Å². The molecule has 3 heterocycles. The number of piperidine rings is 1. The molecule has 9 heteroatoms. The summed E-state index contributed by atoms with van der Waals surface area (Å²) in [6.07, 6.45) is 8.93. The quantitative estimate of drug-likeness (QED) is 0.460. The van der Waals surface area contributed by atoms with Crippen molar-refractivity contribution in [1.29, 1.82) is 0 Å². The fraction of sp³-hybridized carbons (Fsp3) is 0.789. The summed E-state index contributed by atoms with van der Waals surface area (Å²) in [5.41, 5.74) is 0. The molecule has 160 valence electrons. The van der Waals surface area contributed by atoms with Gasteiger partial charge in [-0.3, -0.25) is 9.59 Å². The van der Waals surface area contributed by atoms with E-state index in [4.69, 9.17) is 0 Å². The number of sulfonamides is 1. The zero-order valence-electron chi connectivity index (χ0n) is 16.9. The average Bonchev–Trinajstić information content (AvgIpc) is 3.11. The highest BCUT2D eigenvalue weighted by Gasteiger charge is 2.58. The van der Waals surface area contributed by atoms with Crippen molar-refractivity contribution in [2.45, 2.75) is 51.6 Å². The van der Waals surface area contributed by atoms with Crippen LogP contribution in [0.3, 0.4) is 0 Å². The smallest absolute Gasteiger partial charge is 0.246 e. The molecule has 3 aliphatic rings. The third-order valence-electron chi connectivity index (χ3n) is 6.18. The van der Waals surface area contributed by atoms with Crippen molar-refractivity contribution in [3.05, 3.63) is 12.2 Å². The highest BCUT2D eigenvalue weighted by molar-refractivity contribution is 7.88. The SMILES string of the molecule is CC(C)[C@@H]1C(=O)N(S(C)(=O)=O)[C@@H]2CCN(C(=O)/C=C/C[NH+]3CCCCC3)[C@H]21.[Cl-]. The van der Waals surface area contributed by atoms with Crippen LogP contribution in [0.25, 0.3) is 0 Å². The topological polar surface area (TPSA) is 79.2 Å². The number of rotatable bonds is 5. The number of amides is 2. The van der Waals surface area contributed by atoms with E-state index in [1.165, 1.54) is 24.2 Å². The Balaban J connectivity index is 0.00000280. The average molecular weight is 434 g/mol. The predicted molar refractivity (Wildman–Crippen MR) is 102 cm³/mol. The van der Waals surface area contributed by atoms with E-state index in [-0.39, 0.29) is 36.2 Å². The molecule has 0 aromatic heterocycles. The Morgan fingerprint density at radius 1 is 1.25 bits per heavy atom. The zero-order valence-corrected chi connectivity index (χ0v) is 18.5. The molecule has 0 saturated carbocycles. The first kappa shape index (κ1) is 23.2. The van der Waals surface area contributed by atoms with Gasteiger partial charge >= 0.3 is 0 Å². The summed E-state index contributed by atoms with van der Waals surface area (Å²) >= 11 is 0. The lowest BCUT2D eigenvalue weighted by Crippen LogP contribution is -3.12. The lowest BCUT2D eigenvalue weighted by Gasteiger charge is -2.28. The Bertz CT molecular complexity index is 719. The summed E-state index contributed by atoms with van der Waals surface area (Å²) in [6.45, 7) is 7.48. The Labute approximate surface area is 174 Å². The van der Waals surface area contributed by atoms with Gasteiger partial charge in [-0.25, -0.2) is 12.7 Å². The number of quaternary nitrogens is 1.